The lowest BCUT2D eigenvalue weighted by Gasteiger charge is -2.25. The van der Waals surface area contributed by atoms with Crippen molar-refractivity contribution in [1.29, 1.82) is 0 Å². The van der Waals surface area contributed by atoms with Gasteiger partial charge in [-0.25, -0.2) is 9.79 Å². The highest BCUT2D eigenvalue weighted by molar-refractivity contribution is 7.07. The van der Waals surface area contributed by atoms with Crippen molar-refractivity contribution < 1.29 is 33.3 Å². The Morgan fingerprint density at radius 2 is 1.80 bits per heavy atom. The molecular formula is C34H37N3O8S. The molecule has 242 valence electrons. The summed E-state index contributed by atoms with van der Waals surface area (Å²) in [6.07, 6.45) is 5.09. The molecule has 2 aromatic carbocycles. The molecule has 0 aliphatic carbocycles. The predicted octanol–water partition coefficient (Wildman–Crippen LogP) is 3.71. The van der Waals surface area contributed by atoms with Crippen molar-refractivity contribution in [2.75, 3.05) is 39.7 Å². The fraction of sp³-hybridized carbons (Fsp3) is 0.412. The second-order valence-corrected chi connectivity index (χ2v) is 12.1. The van der Waals surface area contributed by atoms with E-state index in [2.05, 4.69) is 0 Å². The van der Waals surface area contributed by atoms with E-state index < -0.39 is 12.0 Å². The number of ether oxygens (including phenoxy) is 5. The van der Waals surface area contributed by atoms with Gasteiger partial charge in [-0.05, 0) is 74.6 Å². The molecule has 0 N–H and O–H groups in total. The number of nitrogens with zero attached hydrogens (tertiary/aromatic N) is 3. The van der Waals surface area contributed by atoms with Crippen LogP contribution in [0.4, 0.5) is 0 Å². The van der Waals surface area contributed by atoms with Gasteiger partial charge in [0.2, 0.25) is 6.79 Å². The van der Waals surface area contributed by atoms with Gasteiger partial charge in [0, 0.05) is 13.1 Å². The lowest BCUT2D eigenvalue weighted by molar-refractivity contribution is -0.139. The van der Waals surface area contributed by atoms with Crippen molar-refractivity contribution in [3.8, 4) is 23.0 Å². The Bertz CT molecular complexity index is 1850. The van der Waals surface area contributed by atoms with Gasteiger partial charge in [0.1, 0.15) is 0 Å². The van der Waals surface area contributed by atoms with Crippen LogP contribution in [0.2, 0.25) is 0 Å². The SMILES string of the molecule is CCCC1=C(C(=O)OCC)[C@H](c2ccc3c(c2)OCO3)n2c(s/c(=C/c3ccc(OCC(=O)N4CCCC4)c(OCC)c3)c2=O)=N1. The van der Waals surface area contributed by atoms with Gasteiger partial charge in [-0.15, -0.1) is 0 Å². The van der Waals surface area contributed by atoms with Crippen molar-refractivity contribution in [1.82, 2.24) is 9.47 Å². The number of likely N-dealkylation sites (tertiary alicyclic amines) is 1. The van der Waals surface area contributed by atoms with Gasteiger partial charge in [0.05, 0.1) is 35.1 Å². The first kappa shape index (κ1) is 31.4. The molecule has 1 saturated heterocycles. The quantitative estimate of drug-likeness (QED) is 0.289. The third-order valence-electron chi connectivity index (χ3n) is 7.98. The Hall–Kier alpha value is -4.58. The number of rotatable bonds is 11. The topological polar surface area (TPSA) is 118 Å². The third-order valence-corrected chi connectivity index (χ3v) is 8.96. The zero-order valence-corrected chi connectivity index (χ0v) is 27.0. The summed E-state index contributed by atoms with van der Waals surface area (Å²) in [4.78, 5) is 47.3. The molecule has 0 saturated carbocycles. The third kappa shape index (κ3) is 6.26. The average Bonchev–Trinajstić information content (AvgIpc) is 3.81. The van der Waals surface area contributed by atoms with E-state index in [1.54, 1.807) is 41.8 Å². The maximum Gasteiger partial charge on any atom is 0.338 e. The van der Waals surface area contributed by atoms with Crippen LogP contribution in [0, 0.1) is 0 Å². The molecule has 0 bridgehead atoms. The first-order valence-corrected chi connectivity index (χ1v) is 16.5. The Morgan fingerprint density at radius 3 is 2.57 bits per heavy atom. The highest BCUT2D eigenvalue weighted by atomic mass is 32.1. The molecule has 0 spiro atoms. The summed E-state index contributed by atoms with van der Waals surface area (Å²) in [5.74, 6) is 1.53. The number of thiazole rings is 1. The van der Waals surface area contributed by atoms with E-state index in [9.17, 15) is 14.4 Å². The maximum absolute atomic E-state index is 14.2. The van der Waals surface area contributed by atoms with Crippen molar-refractivity contribution in [3.63, 3.8) is 0 Å². The fourth-order valence-electron chi connectivity index (χ4n) is 5.87. The summed E-state index contributed by atoms with van der Waals surface area (Å²) in [7, 11) is 0. The monoisotopic (exact) mass is 647 g/mol. The number of carbonyl (C=O) groups is 2. The Balaban J connectivity index is 1.40. The minimum Gasteiger partial charge on any atom is -0.490 e. The Labute approximate surface area is 270 Å². The molecule has 1 amide bonds. The van der Waals surface area contributed by atoms with Crippen LogP contribution in [-0.4, -0.2) is 61.0 Å². The van der Waals surface area contributed by atoms with Crippen LogP contribution in [0.25, 0.3) is 6.08 Å². The molecule has 11 nitrogen and oxygen atoms in total. The summed E-state index contributed by atoms with van der Waals surface area (Å²) in [6, 6.07) is 10.0. The zero-order valence-electron chi connectivity index (χ0n) is 26.2. The first-order chi connectivity index (χ1) is 22.4. The normalized spacial score (nSPS) is 17.2. The summed E-state index contributed by atoms with van der Waals surface area (Å²) in [5.41, 5.74) is 2.04. The minimum absolute atomic E-state index is 0.0493. The van der Waals surface area contributed by atoms with Crippen LogP contribution in [0.5, 0.6) is 23.0 Å². The van der Waals surface area contributed by atoms with Gasteiger partial charge in [-0.2, -0.15) is 0 Å². The number of aromatic nitrogens is 1. The smallest absolute Gasteiger partial charge is 0.338 e. The molecule has 0 unspecified atom stereocenters. The standard InChI is InChI=1S/C34H37N3O8S/c1-4-9-23-30(33(40)42-6-3)31(22-11-13-25-27(18-22)45-20-44-25)37-32(39)28(46-34(37)35-23)17-21-10-12-24(26(16-21)41-5-2)43-19-29(38)36-14-7-8-15-36/h10-13,16-18,31H,4-9,14-15,19-20H2,1-3H3/b28-17+/t31-/m0/s1. The minimum atomic E-state index is -0.767. The molecule has 1 aromatic heterocycles. The summed E-state index contributed by atoms with van der Waals surface area (Å²) >= 11 is 1.25. The highest BCUT2D eigenvalue weighted by Crippen LogP contribution is 2.39. The van der Waals surface area contributed by atoms with Crippen LogP contribution < -0.4 is 33.8 Å². The lowest BCUT2D eigenvalue weighted by Crippen LogP contribution is -2.40. The van der Waals surface area contributed by atoms with Gasteiger partial charge in [-0.3, -0.25) is 14.2 Å². The number of fused-ring (bicyclic) bond motifs is 2. The van der Waals surface area contributed by atoms with Gasteiger partial charge in [-0.1, -0.05) is 36.8 Å². The molecule has 6 rings (SSSR count). The number of hydrogen-bond acceptors (Lipinski definition) is 10. The summed E-state index contributed by atoms with van der Waals surface area (Å²) < 4.78 is 30.3. The molecule has 4 heterocycles. The van der Waals surface area contributed by atoms with Gasteiger partial charge in [0.15, 0.2) is 34.4 Å². The number of benzene rings is 2. The van der Waals surface area contributed by atoms with E-state index in [0.717, 1.165) is 32.4 Å². The Kier molecular flexibility index (Phi) is 9.43. The molecule has 3 aliphatic rings. The number of esters is 1. The summed E-state index contributed by atoms with van der Waals surface area (Å²) in [6.45, 7) is 7.77. The van der Waals surface area contributed by atoms with Gasteiger partial charge in [0.25, 0.3) is 11.5 Å². The molecule has 1 fully saturated rings. The number of allylic oxidation sites excluding steroid dienone is 1. The highest BCUT2D eigenvalue weighted by Gasteiger charge is 2.35. The second kappa shape index (κ2) is 13.8. The molecule has 12 heteroatoms. The van der Waals surface area contributed by atoms with Crippen molar-refractivity contribution in [2.45, 2.75) is 52.5 Å². The molecule has 1 atom stereocenters. The number of carbonyl (C=O) groups excluding carboxylic acids is 2. The van der Waals surface area contributed by atoms with E-state index in [-0.39, 0.29) is 31.5 Å². The van der Waals surface area contributed by atoms with Crippen LogP contribution in [0.1, 0.15) is 63.6 Å². The van der Waals surface area contributed by atoms with E-state index in [0.29, 0.717) is 67.8 Å². The summed E-state index contributed by atoms with van der Waals surface area (Å²) in [5, 5.41) is 0. The molecule has 3 aliphatic heterocycles. The van der Waals surface area contributed by atoms with Crippen LogP contribution >= 0.6 is 11.3 Å². The maximum atomic E-state index is 14.2. The van der Waals surface area contributed by atoms with E-state index in [1.165, 1.54) is 11.3 Å². The second-order valence-electron chi connectivity index (χ2n) is 11.0. The fourth-order valence-corrected chi connectivity index (χ4v) is 6.89. The number of amides is 1. The van der Waals surface area contributed by atoms with Gasteiger partial charge >= 0.3 is 5.97 Å². The average molecular weight is 648 g/mol. The van der Waals surface area contributed by atoms with E-state index in [4.69, 9.17) is 28.7 Å². The molecular weight excluding hydrogens is 610 g/mol. The molecule has 46 heavy (non-hydrogen) atoms. The van der Waals surface area contributed by atoms with Gasteiger partial charge < -0.3 is 28.6 Å². The van der Waals surface area contributed by atoms with Crippen LogP contribution in [0.15, 0.2) is 57.5 Å². The largest absolute Gasteiger partial charge is 0.490 e. The lowest BCUT2D eigenvalue weighted by atomic mass is 9.94. The molecule has 0 radical (unpaired) electrons. The molecule has 3 aromatic rings. The van der Waals surface area contributed by atoms with E-state index >= 15 is 0 Å². The van der Waals surface area contributed by atoms with Crippen molar-refractivity contribution in [3.05, 3.63) is 78.5 Å². The predicted molar refractivity (Wildman–Crippen MR) is 171 cm³/mol. The van der Waals surface area contributed by atoms with Crippen LogP contribution in [-0.2, 0) is 14.3 Å². The first-order valence-electron chi connectivity index (χ1n) is 15.7. The van der Waals surface area contributed by atoms with Crippen molar-refractivity contribution in [2.24, 2.45) is 4.99 Å². The van der Waals surface area contributed by atoms with Crippen LogP contribution in [0.3, 0.4) is 0 Å². The zero-order chi connectivity index (χ0) is 32.2. The van der Waals surface area contributed by atoms with E-state index in [1.807, 2.05) is 30.9 Å². The number of hydrogen-bond donors (Lipinski definition) is 0. The van der Waals surface area contributed by atoms with Crippen molar-refractivity contribution >= 4 is 29.3 Å². The Morgan fingerprint density at radius 1 is 1.00 bits per heavy atom.